The molecule has 3 aromatic carbocycles. The van der Waals surface area contributed by atoms with Crippen molar-refractivity contribution in [2.75, 3.05) is 6.61 Å². The molecule has 0 aliphatic carbocycles. The number of hydrogen-bond donors (Lipinski definition) is 0. The molecule has 0 atom stereocenters. The van der Waals surface area contributed by atoms with Crippen molar-refractivity contribution >= 4 is 49.3 Å². The molecule has 0 aliphatic rings. The Balaban J connectivity index is 1.53. The summed E-state index contributed by atoms with van der Waals surface area (Å²) in [5.74, 6) is 0.816. The van der Waals surface area contributed by atoms with Gasteiger partial charge in [-0.3, -0.25) is 4.79 Å². The van der Waals surface area contributed by atoms with Crippen LogP contribution in [0.25, 0.3) is 22.1 Å². The maximum absolute atomic E-state index is 13.3. The predicted octanol–water partition coefficient (Wildman–Crippen LogP) is 5.95. The minimum Gasteiger partial charge on any atom is -0.490 e. The van der Waals surface area contributed by atoms with E-state index in [0.717, 1.165) is 33.3 Å². The van der Waals surface area contributed by atoms with Crippen LogP contribution < -0.4 is 19.6 Å². The highest BCUT2D eigenvalue weighted by atomic mass is 79.9. The zero-order valence-electron chi connectivity index (χ0n) is 19.4. The number of rotatable bonds is 6. The molecule has 0 saturated heterocycles. The fourth-order valence-corrected chi connectivity index (χ4v) is 5.44. The Hall–Kier alpha value is -3.23. The molecule has 0 fully saturated rings. The lowest BCUT2D eigenvalue weighted by Gasteiger charge is -2.14. The van der Waals surface area contributed by atoms with Gasteiger partial charge in [-0.05, 0) is 101 Å². The van der Waals surface area contributed by atoms with Gasteiger partial charge in [-0.1, -0.05) is 23.5 Å². The molecule has 0 radical (unpaired) electrons. The van der Waals surface area contributed by atoms with E-state index in [1.165, 1.54) is 23.5 Å². The monoisotopic (exact) mass is 552 g/mol. The van der Waals surface area contributed by atoms with Gasteiger partial charge < -0.3 is 9.47 Å². The molecule has 0 saturated carbocycles. The number of aryl methyl sites for hydroxylation is 2. The number of aromatic nitrogens is 2. The lowest BCUT2D eigenvalue weighted by Crippen LogP contribution is -2.22. The molecular formula is C27H22BrFN2O3S. The van der Waals surface area contributed by atoms with E-state index in [1.54, 1.807) is 16.5 Å². The van der Waals surface area contributed by atoms with Crippen LogP contribution >= 0.6 is 27.3 Å². The molecule has 5 nitrogen and oxygen atoms in total. The zero-order chi connectivity index (χ0) is 24.7. The summed E-state index contributed by atoms with van der Waals surface area (Å²) in [4.78, 5) is 18.6. The fraction of sp³-hybridized carbons (Fsp3) is 0.185. The van der Waals surface area contributed by atoms with Crippen molar-refractivity contribution < 1.29 is 13.9 Å². The van der Waals surface area contributed by atoms with Gasteiger partial charge >= 0.3 is 0 Å². The van der Waals surface area contributed by atoms with Crippen LogP contribution in [-0.2, 0) is 6.61 Å². The second-order valence-electron chi connectivity index (χ2n) is 8.25. The number of imidazole rings is 1. The lowest BCUT2D eigenvalue weighted by atomic mass is 10.1. The molecule has 2 aromatic heterocycles. The first-order chi connectivity index (χ1) is 16.8. The van der Waals surface area contributed by atoms with Crippen LogP contribution in [-0.4, -0.2) is 16.0 Å². The highest BCUT2D eigenvalue weighted by molar-refractivity contribution is 9.10. The van der Waals surface area contributed by atoms with Crippen LogP contribution in [0.4, 0.5) is 4.39 Å². The highest BCUT2D eigenvalue weighted by Crippen LogP contribution is 2.37. The Labute approximate surface area is 213 Å². The second kappa shape index (κ2) is 9.43. The largest absolute Gasteiger partial charge is 0.490 e. The Morgan fingerprint density at radius 2 is 1.83 bits per heavy atom. The van der Waals surface area contributed by atoms with Crippen molar-refractivity contribution in [1.82, 2.24) is 9.38 Å². The summed E-state index contributed by atoms with van der Waals surface area (Å²) >= 11 is 4.94. The van der Waals surface area contributed by atoms with E-state index < -0.39 is 0 Å². The van der Waals surface area contributed by atoms with E-state index in [0.29, 0.717) is 32.1 Å². The third-order valence-corrected chi connectivity index (χ3v) is 7.34. The minimum atomic E-state index is -0.290. The van der Waals surface area contributed by atoms with E-state index in [9.17, 15) is 9.18 Å². The molecule has 0 aliphatic heterocycles. The molecule has 35 heavy (non-hydrogen) atoms. The second-order valence-corrected chi connectivity index (χ2v) is 10.1. The topological polar surface area (TPSA) is 52.8 Å². The molecule has 0 unspecified atom stereocenters. The van der Waals surface area contributed by atoms with E-state index in [1.807, 2.05) is 51.1 Å². The van der Waals surface area contributed by atoms with Crippen molar-refractivity contribution in [3.05, 3.63) is 96.0 Å². The summed E-state index contributed by atoms with van der Waals surface area (Å²) in [6, 6.07) is 13.9. The molecular weight excluding hydrogens is 531 g/mol. The van der Waals surface area contributed by atoms with Gasteiger partial charge in [0.25, 0.3) is 5.56 Å². The van der Waals surface area contributed by atoms with E-state index in [-0.39, 0.29) is 18.0 Å². The van der Waals surface area contributed by atoms with E-state index >= 15 is 0 Å². The van der Waals surface area contributed by atoms with Gasteiger partial charge in [-0.25, -0.2) is 13.8 Å². The Morgan fingerprint density at radius 3 is 2.57 bits per heavy atom. The first-order valence-electron chi connectivity index (χ1n) is 11.1. The maximum atomic E-state index is 13.3. The van der Waals surface area contributed by atoms with Gasteiger partial charge in [0.05, 0.1) is 26.6 Å². The Bertz CT molecular complexity index is 1680. The fourth-order valence-electron chi connectivity index (χ4n) is 3.88. The summed E-state index contributed by atoms with van der Waals surface area (Å²) in [6.07, 6.45) is 1.84. The third-order valence-electron chi connectivity index (χ3n) is 5.78. The highest BCUT2D eigenvalue weighted by Gasteiger charge is 2.15. The summed E-state index contributed by atoms with van der Waals surface area (Å²) in [5.41, 5.74) is 5.46. The standard InChI is InChI=1S/C27H22BrFN2O3S/c1-4-33-23-12-18(11-20(28)25(23)34-14-17-5-7-19(29)8-6-17)13-24-26(32)31-22-10-16(3)15(2)9-21(22)30-27(31)35-24/h5-13H,4,14H2,1-3H3/b24-13-. The number of nitrogens with zero attached hydrogens (tertiary/aromatic N) is 2. The van der Waals surface area contributed by atoms with Crippen molar-refractivity contribution in [1.29, 1.82) is 0 Å². The van der Waals surface area contributed by atoms with E-state index in [2.05, 4.69) is 20.9 Å². The molecule has 2 heterocycles. The molecule has 0 N–H and O–H groups in total. The summed E-state index contributed by atoms with van der Waals surface area (Å²) in [6.45, 7) is 6.69. The van der Waals surface area contributed by atoms with E-state index in [4.69, 9.17) is 9.47 Å². The van der Waals surface area contributed by atoms with Crippen LogP contribution in [0, 0.1) is 19.7 Å². The average molecular weight is 553 g/mol. The Morgan fingerprint density at radius 1 is 1.09 bits per heavy atom. The first kappa shape index (κ1) is 23.5. The molecule has 0 bridgehead atoms. The molecule has 5 rings (SSSR count). The van der Waals surface area contributed by atoms with Gasteiger partial charge in [0.2, 0.25) is 0 Å². The van der Waals surface area contributed by atoms with Crippen molar-refractivity contribution in [3.63, 3.8) is 0 Å². The van der Waals surface area contributed by atoms with Crippen molar-refractivity contribution in [2.24, 2.45) is 0 Å². The van der Waals surface area contributed by atoms with Crippen LogP contribution in [0.1, 0.15) is 29.2 Å². The van der Waals surface area contributed by atoms with Crippen LogP contribution in [0.3, 0.4) is 0 Å². The molecule has 0 amide bonds. The van der Waals surface area contributed by atoms with Crippen LogP contribution in [0.2, 0.25) is 0 Å². The van der Waals surface area contributed by atoms with Crippen molar-refractivity contribution in [2.45, 2.75) is 27.4 Å². The SMILES string of the molecule is CCOc1cc(/C=c2\sc3nc4cc(C)c(C)cc4n3c2=O)cc(Br)c1OCc1ccc(F)cc1. The molecule has 8 heteroatoms. The number of halogens is 2. The van der Waals surface area contributed by atoms with Crippen molar-refractivity contribution in [3.8, 4) is 11.5 Å². The number of fused-ring (bicyclic) bond motifs is 3. The summed E-state index contributed by atoms with van der Waals surface area (Å²) in [7, 11) is 0. The lowest BCUT2D eigenvalue weighted by molar-refractivity contribution is 0.267. The smallest absolute Gasteiger partial charge is 0.274 e. The minimum absolute atomic E-state index is 0.0959. The zero-order valence-corrected chi connectivity index (χ0v) is 21.8. The number of hydrogen-bond acceptors (Lipinski definition) is 5. The average Bonchev–Trinajstić information content (AvgIpc) is 3.30. The van der Waals surface area contributed by atoms with Crippen LogP contribution in [0.5, 0.6) is 11.5 Å². The molecule has 178 valence electrons. The number of ether oxygens (including phenoxy) is 2. The number of benzene rings is 3. The normalized spacial score (nSPS) is 12.1. The summed E-state index contributed by atoms with van der Waals surface area (Å²) in [5, 5.41) is 0. The van der Waals surface area contributed by atoms with Gasteiger partial charge in [0, 0.05) is 0 Å². The summed E-state index contributed by atoms with van der Waals surface area (Å²) < 4.78 is 28.0. The molecule has 0 spiro atoms. The Kier molecular flexibility index (Phi) is 6.34. The third kappa shape index (κ3) is 4.56. The van der Waals surface area contributed by atoms with Crippen LogP contribution in [0.15, 0.2) is 57.8 Å². The van der Waals surface area contributed by atoms with Gasteiger partial charge in [0.15, 0.2) is 16.5 Å². The van der Waals surface area contributed by atoms with Gasteiger partial charge in [-0.15, -0.1) is 0 Å². The van der Waals surface area contributed by atoms with Gasteiger partial charge in [-0.2, -0.15) is 0 Å². The maximum Gasteiger partial charge on any atom is 0.274 e. The predicted molar refractivity (Wildman–Crippen MR) is 141 cm³/mol. The number of thiazole rings is 1. The quantitative estimate of drug-likeness (QED) is 0.261. The first-order valence-corrected chi connectivity index (χ1v) is 12.7. The molecule has 5 aromatic rings. The van der Waals surface area contributed by atoms with Gasteiger partial charge in [0.1, 0.15) is 12.4 Å².